The zero-order chi connectivity index (χ0) is 14.3. The van der Waals surface area contributed by atoms with E-state index in [-0.39, 0.29) is 11.9 Å². The summed E-state index contributed by atoms with van der Waals surface area (Å²) >= 11 is 4.90. The molecule has 1 saturated carbocycles. The van der Waals surface area contributed by atoms with Crippen LogP contribution in [0.15, 0.2) is 22.7 Å². The molecule has 3 rings (SSSR count). The number of hydrogen-bond acceptors (Lipinski definition) is 3. The van der Waals surface area contributed by atoms with Crippen LogP contribution in [0.5, 0.6) is 0 Å². The largest absolute Gasteiger partial charge is 0.397 e. The minimum absolute atomic E-state index is 0.0424. The molecule has 0 spiro atoms. The molecule has 5 heteroatoms. The molecule has 1 fully saturated rings. The van der Waals surface area contributed by atoms with Crippen LogP contribution in [0, 0.1) is 5.92 Å². The summed E-state index contributed by atoms with van der Waals surface area (Å²) in [5, 5.41) is 4.05. The van der Waals surface area contributed by atoms with Crippen molar-refractivity contribution in [2.45, 2.75) is 32.2 Å². The van der Waals surface area contributed by atoms with Gasteiger partial charge < -0.3 is 11.1 Å². The van der Waals surface area contributed by atoms with Crippen molar-refractivity contribution in [3.8, 4) is 0 Å². The summed E-state index contributed by atoms with van der Waals surface area (Å²) in [5.74, 6) is 0.586. The van der Waals surface area contributed by atoms with Gasteiger partial charge in [0.15, 0.2) is 0 Å². The summed E-state index contributed by atoms with van der Waals surface area (Å²) < 4.78 is 2.04. The van der Waals surface area contributed by atoms with Crippen molar-refractivity contribution in [2.24, 2.45) is 5.92 Å². The molecule has 1 amide bonds. The molecule has 106 valence electrons. The molecule has 2 aromatic rings. The van der Waals surface area contributed by atoms with Crippen molar-refractivity contribution in [3.05, 3.63) is 27.5 Å². The molecule has 0 radical (unpaired) electrons. The van der Waals surface area contributed by atoms with E-state index in [1.807, 2.05) is 18.2 Å². The highest BCUT2D eigenvalue weighted by molar-refractivity contribution is 9.10. The number of amides is 1. The lowest BCUT2D eigenvalue weighted by atomic mass is 9.80. The molecule has 0 aliphatic heterocycles. The van der Waals surface area contributed by atoms with E-state index in [1.165, 1.54) is 30.6 Å². The molecule has 1 aromatic carbocycles. The van der Waals surface area contributed by atoms with Crippen LogP contribution in [-0.2, 0) is 0 Å². The van der Waals surface area contributed by atoms with Gasteiger partial charge in [-0.25, -0.2) is 0 Å². The second kappa shape index (κ2) is 5.37. The topological polar surface area (TPSA) is 55.1 Å². The van der Waals surface area contributed by atoms with Crippen LogP contribution in [0.3, 0.4) is 0 Å². The van der Waals surface area contributed by atoms with E-state index in [4.69, 9.17) is 5.73 Å². The molecule has 1 unspecified atom stereocenters. The van der Waals surface area contributed by atoms with Crippen LogP contribution in [0.2, 0.25) is 0 Å². The summed E-state index contributed by atoms with van der Waals surface area (Å²) in [7, 11) is 0. The van der Waals surface area contributed by atoms with Crippen molar-refractivity contribution < 1.29 is 4.79 Å². The number of benzene rings is 1. The molecular formula is C15H17BrN2OS. The second-order valence-electron chi connectivity index (χ2n) is 5.44. The summed E-state index contributed by atoms with van der Waals surface area (Å²) in [5.41, 5.74) is 6.72. The van der Waals surface area contributed by atoms with Gasteiger partial charge in [0.25, 0.3) is 5.91 Å². The Labute approximate surface area is 130 Å². The van der Waals surface area contributed by atoms with E-state index in [9.17, 15) is 4.79 Å². The van der Waals surface area contributed by atoms with Crippen molar-refractivity contribution in [3.63, 3.8) is 0 Å². The van der Waals surface area contributed by atoms with Crippen molar-refractivity contribution >= 4 is 48.9 Å². The predicted molar refractivity (Wildman–Crippen MR) is 88.2 cm³/mol. The number of thiophene rings is 1. The number of anilines is 1. The Hall–Kier alpha value is -1.07. The average Bonchev–Trinajstić information content (AvgIpc) is 2.63. The van der Waals surface area contributed by atoms with Gasteiger partial charge in [-0.15, -0.1) is 11.3 Å². The molecule has 1 aliphatic carbocycles. The third-order valence-corrected chi connectivity index (χ3v) is 5.77. The smallest absolute Gasteiger partial charge is 0.263 e. The quantitative estimate of drug-likeness (QED) is 0.870. The maximum Gasteiger partial charge on any atom is 0.263 e. The fraction of sp³-hybridized carbons (Fsp3) is 0.400. The van der Waals surface area contributed by atoms with E-state index in [0.29, 0.717) is 16.5 Å². The van der Waals surface area contributed by atoms with Gasteiger partial charge in [0.1, 0.15) is 4.88 Å². The number of nitrogen functional groups attached to an aromatic ring is 1. The number of nitrogens with two attached hydrogens (primary N) is 1. The van der Waals surface area contributed by atoms with Gasteiger partial charge >= 0.3 is 0 Å². The Morgan fingerprint density at radius 1 is 1.50 bits per heavy atom. The zero-order valence-electron chi connectivity index (χ0n) is 11.3. The van der Waals surface area contributed by atoms with Crippen LogP contribution >= 0.6 is 27.3 Å². The lowest BCUT2D eigenvalue weighted by Gasteiger charge is -2.31. The first-order chi connectivity index (χ1) is 9.56. The molecule has 1 aromatic heterocycles. The van der Waals surface area contributed by atoms with Gasteiger partial charge in [0, 0.05) is 20.6 Å². The van der Waals surface area contributed by atoms with E-state index >= 15 is 0 Å². The summed E-state index contributed by atoms with van der Waals surface area (Å²) in [6, 6.07) is 6.14. The summed E-state index contributed by atoms with van der Waals surface area (Å²) in [4.78, 5) is 13.0. The lowest BCUT2D eigenvalue weighted by Crippen LogP contribution is -2.40. The predicted octanol–water partition coefficient (Wildman–Crippen LogP) is 4.16. The van der Waals surface area contributed by atoms with Crippen LogP contribution in [0.4, 0.5) is 5.69 Å². The number of nitrogens with one attached hydrogen (secondary N) is 1. The van der Waals surface area contributed by atoms with Crippen LogP contribution in [0.25, 0.3) is 10.1 Å². The SMILES string of the molecule is CC(NC(=O)c1sc2cc(Br)ccc2c1N)C1CCC1. The van der Waals surface area contributed by atoms with E-state index in [2.05, 4.69) is 28.2 Å². The van der Waals surface area contributed by atoms with Gasteiger partial charge in [-0.2, -0.15) is 0 Å². The number of fused-ring (bicyclic) bond motifs is 1. The Kier molecular flexibility index (Phi) is 3.73. The van der Waals surface area contributed by atoms with Crippen LogP contribution in [0.1, 0.15) is 35.9 Å². The third kappa shape index (κ3) is 2.44. The first kappa shape index (κ1) is 13.9. The minimum atomic E-state index is -0.0424. The highest BCUT2D eigenvalue weighted by Gasteiger charge is 2.26. The van der Waals surface area contributed by atoms with Gasteiger partial charge in [-0.1, -0.05) is 28.4 Å². The second-order valence-corrected chi connectivity index (χ2v) is 7.41. The minimum Gasteiger partial charge on any atom is -0.397 e. The molecule has 1 atom stereocenters. The Morgan fingerprint density at radius 3 is 2.90 bits per heavy atom. The zero-order valence-corrected chi connectivity index (χ0v) is 13.7. The number of halogens is 1. The standard InChI is InChI=1S/C15H17BrN2OS/c1-8(9-3-2-4-9)18-15(19)14-13(17)11-6-5-10(16)7-12(11)20-14/h5-9H,2-4,17H2,1H3,(H,18,19). The Balaban J connectivity index is 1.85. The van der Waals surface area contributed by atoms with Crippen molar-refractivity contribution in [1.82, 2.24) is 5.32 Å². The maximum absolute atomic E-state index is 12.4. The average molecular weight is 353 g/mol. The molecular weight excluding hydrogens is 336 g/mol. The molecule has 3 N–H and O–H groups in total. The number of carbonyl (C=O) groups excluding carboxylic acids is 1. The normalized spacial score (nSPS) is 16.9. The maximum atomic E-state index is 12.4. The fourth-order valence-electron chi connectivity index (χ4n) is 2.59. The molecule has 0 saturated heterocycles. The fourth-order valence-corrected chi connectivity index (χ4v) is 4.17. The van der Waals surface area contributed by atoms with Crippen LogP contribution < -0.4 is 11.1 Å². The van der Waals surface area contributed by atoms with Gasteiger partial charge in [0.2, 0.25) is 0 Å². The molecule has 1 heterocycles. The summed E-state index contributed by atoms with van der Waals surface area (Å²) in [6.45, 7) is 2.09. The van der Waals surface area contributed by atoms with Crippen molar-refractivity contribution in [1.29, 1.82) is 0 Å². The van der Waals surface area contributed by atoms with Crippen LogP contribution in [-0.4, -0.2) is 11.9 Å². The highest BCUT2D eigenvalue weighted by atomic mass is 79.9. The van der Waals surface area contributed by atoms with Gasteiger partial charge in [-0.3, -0.25) is 4.79 Å². The van der Waals surface area contributed by atoms with Gasteiger partial charge in [0.05, 0.1) is 5.69 Å². The first-order valence-electron chi connectivity index (χ1n) is 6.84. The third-order valence-electron chi connectivity index (χ3n) is 4.11. The monoisotopic (exact) mass is 352 g/mol. The van der Waals surface area contributed by atoms with Crippen molar-refractivity contribution in [2.75, 3.05) is 5.73 Å². The number of hydrogen-bond donors (Lipinski definition) is 2. The first-order valence-corrected chi connectivity index (χ1v) is 8.45. The molecule has 20 heavy (non-hydrogen) atoms. The highest BCUT2D eigenvalue weighted by Crippen LogP contribution is 2.36. The van der Waals surface area contributed by atoms with E-state index in [0.717, 1.165) is 14.6 Å². The summed E-state index contributed by atoms with van der Waals surface area (Å²) in [6.07, 6.45) is 3.72. The molecule has 3 nitrogen and oxygen atoms in total. The number of carbonyl (C=O) groups is 1. The Bertz CT molecular complexity index is 663. The lowest BCUT2D eigenvalue weighted by molar-refractivity contribution is 0.0914. The van der Waals surface area contributed by atoms with Gasteiger partial charge in [-0.05, 0) is 37.8 Å². The van der Waals surface area contributed by atoms with E-state index < -0.39 is 0 Å². The molecule has 0 bridgehead atoms. The van der Waals surface area contributed by atoms with E-state index in [1.54, 1.807) is 0 Å². The Morgan fingerprint density at radius 2 is 2.25 bits per heavy atom. The molecule has 1 aliphatic rings. The number of rotatable bonds is 3.